The van der Waals surface area contributed by atoms with E-state index in [1.165, 1.54) is 6.08 Å². The SMILES string of the molecule is CSc1ncc(CNC(=O)C=Cc2nc3ccccc3s2)n1C. The molecule has 0 saturated heterocycles. The number of aromatic nitrogens is 3. The number of para-hydroxylation sites is 1. The summed E-state index contributed by atoms with van der Waals surface area (Å²) in [7, 11) is 1.94. The predicted molar refractivity (Wildman–Crippen MR) is 95.5 cm³/mol. The predicted octanol–water partition coefficient (Wildman–Crippen LogP) is 3.08. The smallest absolute Gasteiger partial charge is 0.244 e. The topological polar surface area (TPSA) is 59.8 Å². The maximum Gasteiger partial charge on any atom is 0.244 e. The molecule has 0 aliphatic rings. The second kappa shape index (κ2) is 6.97. The Balaban J connectivity index is 1.61. The molecule has 1 aromatic carbocycles. The van der Waals surface area contributed by atoms with Crippen LogP contribution in [0.1, 0.15) is 10.7 Å². The van der Waals surface area contributed by atoms with Gasteiger partial charge in [0.15, 0.2) is 5.16 Å². The third kappa shape index (κ3) is 3.62. The van der Waals surface area contributed by atoms with Gasteiger partial charge in [0.2, 0.25) is 5.91 Å². The van der Waals surface area contributed by atoms with Gasteiger partial charge in [-0.25, -0.2) is 9.97 Å². The van der Waals surface area contributed by atoms with E-state index in [0.29, 0.717) is 6.54 Å². The Morgan fingerprint density at radius 2 is 2.26 bits per heavy atom. The largest absolute Gasteiger partial charge is 0.347 e. The fraction of sp³-hybridized carbons (Fsp3) is 0.188. The van der Waals surface area contributed by atoms with Crippen molar-refractivity contribution in [3.05, 3.63) is 47.2 Å². The third-order valence-corrected chi connectivity index (χ3v) is 5.10. The van der Waals surface area contributed by atoms with Crippen LogP contribution in [0.2, 0.25) is 0 Å². The van der Waals surface area contributed by atoms with E-state index in [4.69, 9.17) is 0 Å². The van der Waals surface area contributed by atoms with Crippen LogP contribution in [0.15, 0.2) is 41.7 Å². The van der Waals surface area contributed by atoms with Crippen LogP contribution in [-0.2, 0) is 18.4 Å². The van der Waals surface area contributed by atoms with Crippen LogP contribution in [0.25, 0.3) is 16.3 Å². The number of nitrogens with one attached hydrogen (secondary N) is 1. The fourth-order valence-electron chi connectivity index (χ4n) is 2.12. The molecule has 0 aliphatic carbocycles. The van der Waals surface area contributed by atoms with Crippen LogP contribution in [-0.4, -0.2) is 26.7 Å². The van der Waals surface area contributed by atoms with Gasteiger partial charge in [0.25, 0.3) is 0 Å². The van der Waals surface area contributed by atoms with E-state index in [9.17, 15) is 4.79 Å². The number of fused-ring (bicyclic) bond motifs is 1. The lowest BCUT2D eigenvalue weighted by Gasteiger charge is -2.04. The number of carbonyl (C=O) groups is 1. The number of hydrogen-bond acceptors (Lipinski definition) is 5. The normalized spacial score (nSPS) is 11.4. The highest BCUT2D eigenvalue weighted by atomic mass is 32.2. The molecule has 0 fully saturated rings. The summed E-state index contributed by atoms with van der Waals surface area (Å²) < 4.78 is 3.09. The van der Waals surface area contributed by atoms with Crippen molar-refractivity contribution >= 4 is 45.3 Å². The fourth-order valence-corrected chi connectivity index (χ4v) is 3.54. The molecule has 0 bridgehead atoms. The molecule has 0 spiro atoms. The lowest BCUT2D eigenvalue weighted by Crippen LogP contribution is -2.21. The number of benzene rings is 1. The summed E-state index contributed by atoms with van der Waals surface area (Å²) in [6, 6.07) is 7.93. The van der Waals surface area contributed by atoms with Gasteiger partial charge >= 0.3 is 0 Å². The van der Waals surface area contributed by atoms with Crippen molar-refractivity contribution in [1.82, 2.24) is 19.9 Å². The third-order valence-electron chi connectivity index (χ3n) is 3.36. The van der Waals surface area contributed by atoms with Crippen molar-refractivity contribution < 1.29 is 4.79 Å². The Bertz CT molecular complexity index is 833. The molecule has 1 amide bonds. The average molecular weight is 344 g/mol. The van der Waals surface area contributed by atoms with Gasteiger partial charge in [0, 0.05) is 13.1 Å². The molecule has 5 nitrogen and oxygen atoms in total. The molecule has 0 radical (unpaired) electrons. The molecule has 1 N–H and O–H groups in total. The van der Waals surface area contributed by atoms with Crippen molar-refractivity contribution in [1.29, 1.82) is 0 Å². The van der Waals surface area contributed by atoms with Gasteiger partial charge in [0.05, 0.1) is 28.7 Å². The summed E-state index contributed by atoms with van der Waals surface area (Å²) >= 11 is 3.15. The molecule has 23 heavy (non-hydrogen) atoms. The minimum absolute atomic E-state index is 0.142. The summed E-state index contributed by atoms with van der Waals surface area (Å²) in [6.45, 7) is 0.451. The molecular formula is C16H16N4OS2. The van der Waals surface area contributed by atoms with E-state index in [1.54, 1.807) is 35.4 Å². The maximum atomic E-state index is 11.9. The molecule has 0 unspecified atom stereocenters. The van der Waals surface area contributed by atoms with E-state index in [0.717, 1.165) is 26.1 Å². The van der Waals surface area contributed by atoms with E-state index in [1.807, 2.05) is 42.1 Å². The number of thioether (sulfide) groups is 1. The first-order valence-electron chi connectivity index (χ1n) is 7.03. The van der Waals surface area contributed by atoms with Crippen molar-refractivity contribution in [3.8, 4) is 0 Å². The van der Waals surface area contributed by atoms with Crippen LogP contribution in [0, 0.1) is 0 Å². The summed E-state index contributed by atoms with van der Waals surface area (Å²) in [4.78, 5) is 20.7. The zero-order valence-corrected chi connectivity index (χ0v) is 14.4. The van der Waals surface area contributed by atoms with Crippen molar-refractivity contribution in [2.75, 3.05) is 6.26 Å². The van der Waals surface area contributed by atoms with Crippen LogP contribution in [0.3, 0.4) is 0 Å². The zero-order chi connectivity index (χ0) is 16.2. The second-order valence-electron chi connectivity index (χ2n) is 4.87. The molecule has 0 saturated carbocycles. The number of hydrogen-bond donors (Lipinski definition) is 1. The highest BCUT2D eigenvalue weighted by molar-refractivity contribution is 7.98. The van der Waals surface area contributed by atoms with Gasteiger partial charge in [-0.15, -0.1) is 11.3 Å². The number of amides is 1. The number of rotatable bonds is 5. The maximum absolute atomic E-state index is 11.9. The van der Waals surface area contributed by atoms with Gasteiger partial charge in [-0.1, -0.05) is 23.9 Å². The summed E-state index contributed by atoms with van der Waals surface area (Å²) in [5.41, 5.74) is 1.92. The van der Waals surface area contributed by atoms with Gasteiger partial charge in [-0.3, -0.25) is 4.79 Å². The van der Waals surface area contributed by atoms with Crippen LogP contribution >= 0.6 is 23.1 Å². The van der Waals surface area contributed by atoms with E-state index in [-0.39, 0.29) is 5.91 Å². The van der Waals surface area contributed by atoms with E-state index < -0.39 is 0 Å². The van der Waals surface area contributed by atoms with Crippen molar-refractivity contribution in [3.63, 3.8) is 0 Å². The van der Waals surface area contributed by atoms with Crippen LogP contribution in [0.4, 0.5) is 0 Å². The van der Waals surface area contributed by atoms with Crippen LogP contribution < -0.4 is 5.32 Å². The second-order valence-corrected chi connectivity index (χ2v) is 6.70. The summed E-state index contributed by atoms with van der Waals surface area (Å²) in [6.07, 6.45) is 7.02. The van der Waals surface area contributed by atoms with Crippen LogP contribution in [0.5, 0.6) is 0 Å². The first-order chi connectivity index (χ1) is 11.2. The Kier molecular flexibility index (Phi) is 4.78. The molecule has 3 rings (SSSR count). The minimum Gasteiger partial charge on any atom is -0.347 e. The molecule has 0 aliphatic heterocycles. The number of thiazole rings is 1. The average Bonchev–Trinajstić information content (AvgIpc) is 3.13. The molecule has 118 valence electrons. The van der Waals surface area contributed by atoms with Gasteiger partial charge < -0.3 is 9.88 Å². The molecular weight excluding hydrogens is 328 g/mol. The summed E-state index contributed by atoms with van der Waals surface area (Å²) in [5, 5.41) is 4.62. The summed E-state index contributed by atoms with van der Waals surface area (Å²) in [5.74, 6) is -0.142. The first kappa shape index (κ1) is 15.8. The standard InChI is InChI=1S/C16H16N4OS2/c1-20-11(10-18-16(20)22-2)9-17-14(21)7-8-15-19-12-5-3-4-6-13(12)23-15/h3-8,10H,9H2,1-2H3,(H,17,21). The number of nitrogens with zero attached hydrogens (tertiary/aromatic N) is 3. The Morgan fingerprint density at radius 3 is 3.00 bits per heavy atom. The Morgan fingerprint density at radius 1 is 1.43 bits per heavy atom. The lowest BCUT2D eigenvalue weighted by molar-refractivity contribution is -0.116. The highest BCUT2D eigenvalue weighted by Gasteiger charge is 2.06. The minimum atomic E-state index is -0.142. The van der Waals surface area contributed by atoms with Crippen molar-refractivity contribution in [2.45, 2.75) is 11.7 Å². The van der Waals surface area contributed by atoms with Crippen molar-refractivity contribution in [2.24, 2.45) is 7.05 Å². The zero-order valence-electron chi connectivity index (χ0n) is 12.8. The number of carbonyl (C=O) groups excluding carboxylic acids is 1. The highest BCUT2D eigenvalue weighted by Crippen LogP contribution is 2.22. The Labute approximate surface area is 142 Å². The van der Waals surface area contributed by atoms with Gasteiger partial charge in [-0.05, 0) is 24.5 Å². The first-order valence-corrected chi connectivity index (χ1v) is 9.07. The Hall–Kier alpha value is -2.12. The van der Waals surface area contributed by atoms with E-state index >= 15 is 0 Å². The monoisotopic (exact) mass is 344 g/mol. The molecule has 2 heterocycles. The lowest BCUT2D eigenvalue weighted by atomic mass is 10.3. The van der Waals surface area contributed by atoms with Gasteiger partial charge in [0.1, 0.15) is 5.01 Å². The van der Waals surface area contributed by atoms with E-state index in [2.05, 4.69) is 15.3 Å². The number of imidazole rings is 1. The quantitative estimate of drug-likeness (QED) is 0.571. The molecule has 7 heteroatoms. The molecule has 3 aromatic rings. The van der Waals surface area contributed by atoms with Gasteiger partial charge in [-0.2, -0.15) is 0 Å². The molecule has 2 aromatic heterocycles. The molecule has 0 atom stereocenters.